The van der Waals surface area contributed by atoms with E-state index in [0.717, 1.165) is 22.4 Å². The van der Waals surface area contributed by atoms with Crippen molar-refractivity contribution < 1.29 is 13.2 Å². The first kappa shape index (κ1) is 18.6. The van der Waals surface area contributed by atoms with Gasteiger partial charge in [0.05, 0.1) is 4.90 Å². The highest BCUT2D eigenvalue weighted by atomic mass is 32.2. The minimum absolute atomic E-state index is 0.141. The van der Waals surface area contributed by atoms with Gasteiger partial charge in [0.15, 0.2) is 0 Å². The molecule has 3 N–H and O–H groups in total. The van der Waals surface area contributed by atoms with E-state index in [-0.39, 0.29) is 11.6 Å². The Balaban J connectivity index is 1.78. The summed E-state index contributed by atoms with van der Waals surface area (Å²) in [4.78, 5) is 11.6. The average molecular weight is 376 g/mol. The van der Waals surface area contributed by atoms with Crippen LogP contribution in [0.1, 0.15) is 51.6 Å². The number of nitrogens with two attached hydrogens (primary N) is 1. The van der Waals surface area contributed by atoms with Crippen LogP contribution in [0.3, 0.4) is 0 Å². The molecule has 1 aromatic heterocycles. The lowest BCUT2D eigenvalue weighted by Crippen LogP contribution is -2.38. The van der Waals surface area contributed by atoms with Crippen LogP contribution in [0, 0.1) is 20.8 Å². The summed E-state index contributed by atoms with van der Waals surface area (Å²) in [5.41, 5.74) is 8.89. The average Bonchev–Trinajstić information content (AvgIpc) is 3.04. The number of aryl methyl sites for hydroxylation is 3. The summed E-state index contributed by atoms with van der Waals surface area (Å²) in [6.07, 6.45) is 1.34. The Bertz CT molecular complexity index is 918. The van der Waals surface area contributed by atoms with E-state index in [1.807, 2.05) is 32.9 Å². The molecule has 1 saturated heterocycles. The Kier molecular flexibility index (Phi) is 4.90. The van der Waals surface area contributed by atoms with Gasteiger partial charge in [-0.25, -0.2) is 8.42 Å². The second-order valence-electron chi connectivity index (χ2n) is 6.98. The second-order valence-corrected chi connectivity index (χ2v) is 8.85. The van der Waals surface area contributed by atoms with Gasteiger partial charge in [0.2, 0.25) is 10.0 Å². The van der Waals surface area contributed by atoms with Crippen LogP contribution in [-0.2, 0) is 10.0 Å². The van der Waals surface area contributed by atoms with Crippen molar-refractivity contribution in [2.24, 2.45) is 5.73 Å². The van der Waals surface area contributed by atoms with Gasteiger partial charge >= 0.3 is 0 Å². The fourth-order valence-electron chi connectivity index (χ4n) is 3.78. The molecule has 0 unspecified atom stereocenters. The molecule has 0 spiro atoms. The van der Waals surface area contributed by atoms with Crippen LogP contribution in [0.5, 0.6) is 0 Å². The molecule has 140 valence electrons. The number of benzene rings is 1. The molecule has 1 amide bonds. The van der Waals surface area contributed by atoms with E-state index in [1.165, 1.54) is 0 Å². The number of rotatable bonds is 4. The molecular weight excluding hydrogens is 352 g/mol. The number of primary amides is 1. The quantitative estimate of drug-likeness (QED) is 0.850. The van der Waals surface area contributed by atoms with Gasteiger partial charge < -0.3 is 5.73 Å². The van der Waals surface area contributed by atoms with Crippen molar-refractivity contribution in [1.82, 2.24) is 14.5 Å². The van der Waals surface area contributed by atoms with Crippen LogP contribution in [0.4, 0.5) is 0 Å². The third-order valence-corrected chi connectivity index (χ3v) is 7.15. The highest BCUT2D eigenvalue weighted by Crippen LogP contribution is 2.32. The van der Waals surface area contributed by atoms with Gasteiger partial charge in [-0.15, -0.1) is 0 Å². The Labute approximate surface area is 153 Å². The zero-order chi connectivity index (χ0) is 19.1. The zero-order valence-corrected chi connectivity index (χ0v) is 16.1. The van der Waals surface area contributed by atoms with Gasteiger partial charge in [0, 0.05) is 24.7 Å². The fraction of sp³-hybridized carbons (Fsp3) is 0.444. The number of nitrogens with zero attached hydrogens (tertiary/aromatic N) is 2. The van der Waals surface area contributed by atoms with Crippen molar-refractivity contribution in [2.45, 2.75) is 44.4 Å². The fourth-order valence-corrected chi connectivity index (χ4v) is 5.66. The molecule has 3 rings (SSSR count). The van der Waals surface area contributed by atoms with Crippen LogP contribution in [0.25, 0.3) is 0 Å². The number of carbonyl (C=O) groups is 1. The molecule has 1 aliphatic heterocycles. The topological polar surface area (TPSA) is 109 Å². The van der Waals surface area contributed by atoms with Gasteiger partial charge in [-0.1, -0.05) is 17.7 Å². The summed E-state index contributed by atoms with van der Waals surface area (Å²) in [5, 5.41) is 6.75. The maximum Gasteiger partial charge on any atom is 0.269 e. The SMILES string of the molecule is Cc1cc(C)c(S(=O)(=O)N2CCC(c3cc(C(N)=O)n[nH]3)CC2)c(C)c1. The van der Waals surface area contributed by atoms with Crippen molar-refractivity contribution in [1.29, 1.82) is 0 Å². The monoisotopic (exact) mass is 376 g/mol. The summed E-state index contributed by atoms with van der Waals surface area (Å²) in [5.74, 6) is -0.430. The molecule has 1 aliphatic rings. The van der Waals surface area contributed by atoms with Crippen LogP contribution < -0.4 is 5.73 Å². The van der Waals surface area contributed by atoms with Crippen LogP contribution in [0.2, 0.25) is 0 Å². The number of carbonyl (C=O) groups excluding carboxylic acids is 1. The molecule has 7 nitrogen and oxygen atoms in total. The molecular formula is C18H24N4O3S. The number of aromatic amines is 1. The van der Waals surface area contributed by atoms with Gasteiger partial charge in [-0.05, 0) is 50.8 Å². The van der Waals surface area contributed by atoms with Gasteiger partial charge in [0.1, 0.15) is 5.69 Å². The standard InChI is InChI=1S/C18H24N4O3S/c1-11-8-12(2)17(13(3)9-11)26(24,25)22-6-4-14(5-7-22)15-10-16(18(19)23)21-20-15/h8-10,14H,4-7H2,1-3H3,(H2,19,23)(H,20,21). The zero-order valence-electron chi connectivity index (χ0n) is 15.2. The van der Waals surface area contributed by atoms with Gasteiger partial charge in [0.25, 0.3) is 5.91 Å². The van der Waals surface area contributed by atoms with Crippen molar-refractivity contribution in [3.8, 4) is 0 Å². The lowest BCUT2D eigenvalue weighted by molar-refractivity contribution is 0.0995. The second kappa shape index (κ2) is 6.85. The largest absolute Gasteiger partial charge is 0.364 e. The van der Waals surface area contributed by atoms with E-state index in [0.29, 0.717) is 30.8 Å². The number of piperidine rings is 1. The maximum atomic E-state index is 13.1. The number of H-pyrrole nitrogens is 1. The normalized spacial score (nSPS) is 16.7. The molecule has 0 saturated carbocycles. The molecule has 0 bridgehead atoms. The summed E-state index contributed by atoms with van der Waals surface area (Å²) >= 11 is 0. The Morgan fingerprint density at radius 2 is 1.73 bits per heavy atom. The van der Waals surface area contributed by atoms with Gasteiger partial charge in [-0.2, -0.15) is 9.40 Å². The number of sulfonamides is 1. The molecule has 0 radical (unpaired) electrons. The summed E-state index contributed by atoms with van der Waals surface area (Å²) < 4.78 is 27.8. The van der Waals surface area contributed by atoms with Gasteiger partial charge in [-0.3, -0.25) is 9.89 Å². The maximum absolute atomic E-state index is 13.1. The Morgan fingerprint density at radius 1 is 1.15 bits per heavy atom. The van der Waals surface area contributed by atoms with E-state index in [9.17, 15) is 13.2 Å². The molecule has 1 aromatic carbocycles. The van der Waals surface area contributed by atoms with E-state index in [4.69, 9.17) is 5.73 Å². The van der Waals surface area contributed by atoms with Crippen molar-refractivity contribution in [2.75, 3.05) is 13.1 Å². The predicted octanol–water partition coefficient (Wildman–Crippen LogP) is 2.00. The first-order valence-electron chi connectivity index (χ1n) is 8.63. The minimum Gasteiger partial charge on any atom is -0.364 e. The highest BCUT2D eigenvalue weighted by molar-refractivity contribution is 7.89. The van der Waals surface area contributed by atoms with Crippen molar-refractivity contribution in [3.63, 3.8) is 0 Å². The number of hydrogen-bond acceptors (Lipinski definition) is 4. The lowest BCUT2D eigenvalue weighted by atomic mass is 9.94. The number of amides is 1. The lowest BCUT2D eigenvalue weighted by Gasteiger charge is -2.31. The first-order chi connectivity index (χ1) is 12.2. The van der Waals surface area contributed by atoms with Crippen molar-refractivity contribution >= 4 is 15.9 Å². The summed E-state index contributed by atoms with van der Waals surface area (Å²) in [6.45, 7) is 6.52. The summed E-state index contributed by atoms with van der Waals surface area (Å²) in [7, 11) is -3.52. The van der Waals surface area contributed by atoms with E-state index >= 15 is 0 Å². The van der Waals surface area contributed by atoms with E-state index < -0.39 is 15.9 Å². The van der Waals surface area contributed by atoms with E-state index in [2.05, 4.69) is 10.2 Å². The third-order valence-electron chi connectivity index (χ3n) is 4.95. The Hall–Kier alpha value is -2.19. The van der Waals surface area contributed by atoms with Crippen LogP contribution in [-0.4, -0.2) is 41.9 Å². The minimum atomic E-state index is -3.52. The highest BCUT2D eigenvalue weighted by Gasteiger charge is 2.32. The third kappa shape index (κ3) is 3.39. The molecule has 0 aliphatic carbocycles. The number of nitrogens with one attached hydrogen (secondary N) is 1. The molecule has 26 heavy (non-hydrogen) atoms. The number of hydrogen-bond donors (Lipinski definition) is 2. The smallest absolute Gasteiger partial charge is 0.269 e. The van der Waals surface area contributed by atoms with Crippen molar-refractivity contribution in [3.05, 3.63) is 46.3 Å². The molecule has 0 atom stereocenters. The Morgan fingerprint density at radius 3 is 2.23 bits per heavy atom. The first-order valence-corrected chi connectivity index (χ1v) is 10.1. The van der Waals surface area contributed by atoms with E-state index in [1.54, 1.807) is 10.4 Å². The van der Waals surface area contributed by atoms with Crippen LogP contribution >= 0.6 is 0 Å². The molecule has 2 heterocycles. The summed E-state index contributed by atoms with van der Waals surface area (Å²) in [6, 6.07) is 5.47. The van der Waals surface area contributed by atoms with Crippen LogP contribution in [0.15, 0.2) is 23.1 Å². The molecule has 8 heteroatoms. The number of aromatic nitrogens is 2. The molecule has 2 aromatic rings. The molecule has 1 fully saturated rings. The predicted molar refractivity (Wildman–Crippen MR) is 98.5 cm³/mol.